The molecule has 2 heterocycles. The van der Waals surface area contributed by atoms with Crippen LogP contribution in [-0.2, 0) is 13.5 Å². The Balaban J connectivity index is 1.49. The van der Waals surface area contributed by atoms with E-state index in [1.54, 1.807) is 6.07 Å². The zero-order valence-electron chi connectivity index (χ0n) is 15.2. The molecule has 0 saturated carbocycles. The van der Waals surface area contributed by atoms with Gasteiger partial charge in [0.2, 0.25) is 5.91 Å². The summed E-state index contributed by atoms with van der Waals surface area (Å²) in [6.07, 6.45) is 3.59. The minimum atomic E-state index is -0.376. The van der Waals surface area contributed by atoms with Crippen LogP contribution in [0.5, 0.6) is 0 Å². The Morgan fingerprint density at radius 1 is 1.08 bits per heavy atom. The summed E-state index contributed by atoms with van der Waals surface area (Å²) in [5.41, 5.74) is 8.56. The van der Waals surface area contributed by atoms with Crippen molar-refractivity contribution < 1.29 is 4.79 Å². The van der Waals surface area contributed by atoms with E-state index in [0.29, 0.717) is 5.56 Å². The van der Waals surface area contributed by atoms with Crippen LogP contribution in [0.4, 0.5) is 5.82 Å². The molecule has 1 aliphatic heterocycles. The van der Waals surface area contributed by atoms with Crippen molar-refractivity contribution in [2.45, 2.75) is 19.3 Å². The lowest BCUT2D eigenvalue weighted by Gasteiger charge is -2.33. The Hall–Kier alpha value is -2.75. The van der Waals surface area contributed by atoms with E-state index >= 15 is 0 Å². The monoisotopic (exact) mass is 347 g/mol. The Kier molecular flexibility index (Phi) is 4.41. The second-order valence-electron chi connectivity index (χ2n) is 7.32. The average molecular weight is 347 g/mol. The summed E-state index contributed by atoms with van der Waals surface area (Å²) in [5, 5.41) is 1.07. The number of fused-ring (bicyclic) bond motifs is 1. The van der Waals surface area contributed by atoms with Crippen LogP contribution in [0.1, 0.15) is 28.8 Å². The fourth-order valence-electron chi connectivity index (χ4n) is 4.11. The number of rotatable bonds is 4. The van der Waals surface area contributed by atoms with E-state index in [-0.39, 0.29) is 5.91 Å². The molecule has 0 aliphatic carbocycles. The van der Waals surface area contributed by atoms with Crippen molar-refractivity contribution in [1.29, 1.82) is 0 Å². The molecule has 1 aromatic heterocycles. The third-order valence-corrected chi connectivity index (χ3v) is 5.61. The fraction of sp³-hybridized carbons (Fsp3) is 0.318. The average Bonchev–Trinajstić information content (AvgIpc) is 2.99. The Labute approximate surface area is 154 Å². The van der Waals surface area contributed by atoms with Gasteiger partial charge in [0.25, 0.3) is 0 Å². The third-order valence-electron chi connectivity index (χ3n) is 5.61. The molecule has 1 aliphatic rings. The minimum Gasteiger partial charge on any atom is -0.366 e. The highest BCUT2D eigenvalue weighted by Crippen LogP contribution is 2.30. The molecular weight excluding hydrogens is 322 g/mol. The highest BCUT2D eigenvalue weighted by Gasteiger charge is 2.22. The van der Waals surface area contributed by atoms with Crippen LogP contribution in [-0.4, -0.2) is 23.6 Å². The zero-order chi connectivity index (χ0) is 18.1. The summed E-state index contributed by atoms with van der Waals surface area (Å²) in [5.74, 6) is 1.60. The number of benzene rings is 2. The summed E-state index contributed by atoms with van der Waals surface area (Å²) in [6, 6.07) is 18.7. The van der Waals surface area contributed by atoms with Gasteiger partial charge in [-0.05, 0) is 55.0 Å². The first-order valence-corrected chi connectivity index (χ1v) is 9.30. The largest absolute Gasteiger partial charge is 0.366 e. The molecule has 0 unspecified atom stereocenters. The normalized spacial score (nSPS) is 15.5. The molecular formula is C22H25N3O. The van der Waals surface area contributed by atoms with Gasteiger partial charge in [0.15, 0.2) is 0 Å². The number of carbonyl (C=O) groups is 1. The molecule has 0 spiro atoms. The van der Waals surface area contributed by atoms with E-state index in [0.717, 1.165) is 29.9 Å². The number of primary amides is 1. The number of anilines is 1. The Morgan fingerprint density at radius 3 is 2.50 bits per heavy atom. The highest BCUT2D eigenvalue weighted by molar-refractivity contribution is 5.98. The van der Waals surface area contributed by atoms with E-state index in [2.05, 4.69) is 52.9 Å². The van der Waals surface area contributed by atoms with Crippen molar-refractivity contribution in [3.8, 4) is 0 Å². The zero-order valence-corrected chi connectivity index (χ0v) is 15.2. The Bertz CT molecular complexity index is 921. The molecule has 3 aromatic rings. The second-order valence-corrected chi connectivity index (χ2v) is 7.32. The lowest BCUT2D eigenvalue weighted by molar-refractivity contribution is 0.100. The predicted octanol–water partition coefficient (Wildman–Crippen LogP) is 3.74. The van der Waals surface area contributed by atoms with E-state index in [1.165, 1.54) is 30.6 Å². The minimum absolute atomic E-state index is 0.376. The van der Waals surface area contributed by atoms with Gasteiger partial charge in [-0.15, -0.1) is 0 Å². The molecule has 4 rings (SSSR count). The summed E-state index contributed by atoms with van der Waals surface area (Å²) < 4.78 is 2.22. The molecule has 1 fully saturated rings. The molecule has 2 aromatic carbocycles. The summed E-state index contributed by atoms with van der Waals surface area (Å²) in [7, 11) is 2.09. The topological polar surface area (TPSA) is 51.3 Å². The highest BCUT2D eigenvalue weighted by atomic mass is 16.1. The molecule has 134 valence electrons. The van der Waals surface area contributed by atoms with E-state index in [4.69, 9.17) is 5.73 Å². The predicted molar refractivity (Wildman–Crippen MR) is 107 cm³/mol. The number of aromatic nitrogens is 1. The maximum absolute atomic E-state index is 11.4. The van der Waals surface area contributed by atoms with E-state index in [1.807, 2.05) is 12.1 Å². The molecule has 0 bridgehead atoms. The number of carbonyl (C=O) groups excluding carboxylic acids is 1. The molecule has 2 N–H and O–H groups in total. The van der Waals surface area contributed by atoms with Crippen molar-refractivity contribution in [3.63, 3.8) is 0 Å². The van der Waals surface area contributed by atoms with Gasteiger partial charge in [0.05, 0.1) is 0 Å². The van der Waals surface area contributed by atoms with Crippen LogP contribution in [0.2, 0.25) is 0 Å². The van der Waals surface area contributed by atoms with Crippen LogP contribution in [0.25, 0.3) is 10.9 Å². The SMILES string of the molecule is Cn1c(N2CCC(Cc3ccccc3)CC2)cc2cc(C(N)=O)ccc21. The standard InChI is InChI=1S/C22H25N3O/c1-24-20-8-7-18(22(23)26)14-19(20)15-21(24)25-11-9-17(10-12-25)13-16-5-3-2-4-6-16/h2-8,14-15,17H,9-13H2,1H3,(H2,23,26). The van der Waals surface area contributed by atoms with E-state index in [9.17, 15) is 4.79 Å². The molecule has 0 radical (unpaired) electrons. The number of hydrogen-bond donors (Lipinski definition) is 1. The summed E-state index contributed by atoms with van der Waals surface area (Å²) in [6.45, 7) is 2.15. The van der Waals surface area contributed by atoms with Gasteiger partial charge in [-0.2, -0.15) is 0 Å². The quantitative estimate of drug-likeness (QED) is 0.782. The maximum Gasteiger partial charge on any atom is 0.248 e. The van der Waals surface area contributed by atoms with Gasteiger partial charge >= 0.3 is 0 Å². The molecule has 1 saturated heterocycles. The van der Waals surface area contributed by atoms with Gasteiger partial charge in [0.1, 0.15) is 5.82 Å². The van der Waals surface area contributed by atoms with Crippen LogP contribution < -0.4 is 10.6 Å². The second kappa shape index (κ2) is 6.87. The van der Waals surface area contributed by atoms with Crippen molar-refractivity contribution in [1.82, 2.24) is 4.57 Å². The van der Waals surface area contributed by atoms with Gasteiger partial charge in [-0.1, -0.05) is 30.3 Å². The van der Waals surface area contributed by atoms with Crippen molar-refractivity contribution in [2.75, 3.05) is 18.0 Å². The number of piperidine rings is 1. The number of nitrogens with zero attached hydrogens (tertiary/aromatic N) is 2. The summed E-state index contributed by atoms with van der Waals surface area (Å²) in [4.78, 5) is 13.9. The molecule has 4 heteroatoms. The smallest absolute Gasteiger partial charge is 0.248 e. The lowest BCUT2D eigenvalue weighted by atomic mass is 9.90. The lowest BCUT2D eigenvalue weighted by Crippen LogP contribution is -2.35. The first kappa shape index (κ1) is 16.7. The van der Waals surface area contributed by atoms with Crippen LogP contribution in [0, 0.1) is 5.92 Å². The molecule has 4 nitrogen and oxygen atoms in total. The van der Waals surface area contributed by atoms with Crippen LogP contribution in [0.3, 0.4) is 0 Å². The van der Waals surface area contributed by atoms with E-state index < -0.39 is 0 Å². The van der Waals surface area contributed by atoms with Crippen molar-refractivity contribution in [3.05, 3.63) is 65.7 Å². The third kappa shape index (κ3) is 3.19. The number of hydrogen-bond acceptors (Lipinski definition) is 2. The van der Waals surface area contributed by atoms with Gasteiger partial charge in [-0.3, -0.25) is 4.79 Å². The van der Waals surface area contributed by atoms with Gasteiger partial charge in [-0.25, -0.2) is 0 Å². The molecule has 0 atom stereocenters. The number of aryl methyl sites for hydroxylation is 1. The number of amides is 1. The van der Waals surface area contributed by atoms with Gasteiger partial charge < -0.3 is 15.2 Å². The molecule has 1 amide bonds. The summed E-state index contributed by atoms with van der Waals surface area (Å²) >= 11 is 0. The number of nitrogens with two attached hydrogens (primary N) is 1. The van der Waals surface area contributed by atoms with Crippen molar-refractivity contribution in [2.24, 2.45) is 18.7 Å². The first-order valence-electron chi connectivity index (χ1n) is 9.30. The van der Waals surface area contributed by atoms with Crippen LogP contribution in [0.15, 0.2) is 54.6 Å². The van der Waals surface area contributed by atoms with Crippen molar-refractivity contribution >= 4 is 22.6 Å². The fourth-order valence-corrected chi connectivity index (χ4v) is 4.11. The first-order chi connectivity index (χ1) is 12.6. The molecule has 26 heavy (non-hydrogen) atoms. The van der Waals surface area contributed by atoms with Gasteiger partial charge in [0, 0.05) is 36.6 Å². The van der Waals surface area contributed by atoms with Crippen LogP contribution >= 0.6 is 0 Å². The Morgan fingerprint density at radius 2 is 1.81 bits per heavy atom. The maximum atomic E-state index is 11.4.